The molecule has 1 amide bonds. The van der Waals surface area contributed by atoms with Gasteiger partial charge in [-0.1, -0.05) is 17.7 Å². The summed E-state index contributed by atoms with van der Waals surface area (Å²) in [4.78, 5) is 12.2. The Morgan fingerprint density at radius 2 is 1.96 bits per heavy atom. The SMILES string of the molecule is Cc1cc(C)cc(OCc2ccc(C(=O)NCCCn3cc(Cl)c(C)n3)o2)c1. The fraction of sp³-hybridized carbons (Fsp3) is 0.333. The Morgan fingerprint density at radius 1 is 1.21 bits per heavy atom. The molecule has 0 bridgehead atoms. The monoisotopic (exact) mass is 401 g/mol. The molecule has 0 unspecified atom stereocenters. The molecule has 0 radical (unpaired) electrons. The molecule has 1 N–H and O–H groups in total. The first kappa shape index (κ1) is 20.0. The molecule has 0 aliphatic carbocycles. The molecule has 6 nitrogen and oxygen atoms in total. The minimum atomic E-state index is -0.243. The van der Waals surface area contributed by atoms with Crippen molar-refractivity contribution >= 4 is 17.5 Å². The number of carbonyl (C=O) groups is 1. The van der Waals surface area contributed by atoms with Crippen molar-refractivity contribution in [3.05, 3.63) is 69.9 Å². The molecule has 0 saturated heterocycles. The third-order valence-electron chi connectivity index (χ3n) is 4.20. The van der Waals surface area contributed by atoms with Crippen molar-refractivity contribution < 1.29 is 13.9 Å². The zero-order valence-corrected chi connectivity index (χ0v) is 17.0. The molecule has 0 aliphatic rings. The normalized spacial score (nSPS) is 10.9. The van der Waals surface area contributed by atoms with Crippen LogP contribution in [0.1, 0.15) is 39.6 Å². The van der Waals surface area contributed by atoms with Crippen LogP contribution in [0.25, 0.3) is 0 Å². The highest BCUT2D eigenvalue weighted by molar-refractivity contribution is 6.31. The zero-order chi connectivity index (χ0) is 20.1. The summed E-state index contributed by atoms with van der Waals surface area (Å²) >= 11 is 5.98. The first-order valence-electron chi connectivity index (χ1n) is 9.18. The van der Waals surface area contributed by atoms with E-state index in [1.54, 1.807) is 23.0 Å². The predicted octanol–water partition coefficient (Wildman–Crippen LogP) is 4.45. The van der Waals surface area contributed by atoms with E-state index in [-0.39, 0.29) is 18.3 Å². The number of ether oxygens (including phenoxy) is 1. The lowest BCUT2D eigenvalue weighted by molar-refractivity contribution is 0.0921. The third kappa shape index (κ3) is 5.39. The maximum Gasteiger partial charge on any atom is 0.286 e. The summed E-state index contributed by atoms with van der Waals surface area (Å²) in [5, 5.41) is 7.78. The highest BCUT2D eigenvalue weighted by Crippen LogP contribution is 2.18. The Morgan fingerprint density at radius 3 is 2.64 bits per heavy atom. The van der Waals surface area contributed by atoms with Crippen molar-refractivity contribution in [1.29, 1.82) is 0 Å². The first-order chi connectivity index (χ1) is 13.4. The Bertz CT molecular complexity index is 922. The summed E-state index contributed by atoms with van der Waals surface area (Å²) in [7, 11) is 0. The Hall–Kier alpha value is -2.73. The van der Waals surface area contributed by atoms with Crippen LogP contribution < -0.4 is 10.1 Å². The van der Waals surface area contributed by atoms with E-state index in [0.29, 0.717) is 23.9 Å². The van der Waals surface area contributed by atoms with Crippen LogP contribution >= 0.6 is 11.6 Å². The summed E-state index contributed by atoms with van der Waals surface area (Å²) in [6.07, 6.45) is 2.53. The zero-order valence-electron chi connectivity index (χ0n) is 16.3. The van der Waals surface area contributed by atoms with Crippen LogP contribution in [0.3, 0.4) is 0 Å². The number of aryl methyl sites for hydroxylation is 4. The van der Waals surface area contributed by atoms with Crippen molar-refractivity contribution in [1.82, 2.24) is 15.1 Å². The highest BCUT2D eigenvalue weighted by Gasteiger charge is 2.11. The maximum absolute atomic E-state index is 12.2. The topological polar surface area (TPSA) is 69.3 Å². The Labute approximate surface area is 169 Å². The van der Waals surface area contributed by atoms with Gasteiger partial charge in [0.05, 0.1) is 10.7 Å². The van der Waals surface area contributed by atoms with Gasteiger partial charge in [0.1, 0.15) is 18.1 Å². The van der Waals surface area contributed by atoms with Gasteiger partial charge in [0, 0.05) is 19.3 Å². The number of benzene rings is 1. The smallest absolute Gasteiger partial charge is 0.286 e. The molecule has 3 aromatic rings. The second-order valence-corrected chi connectivity index (χ2v) is 7.22. The van der Waals surface area contributed by atoms with Crippen molar-refractivity contribution in [2.75, 3.05) is 6.54 Å². The van der Waals surface area contributed by atoms with Gasteiger partial charge in [-0.3, -0.25) is 9.48 Å². The van der Waals surface area contributed by atoms with Gasteiger partial charge in [0.15, 0.2) is 5.76 Å². The van der Waals surface area contributed by atoms with E-state index in [1.807, 2.05) is 32.9 Å². The van der Waals surface area contributed by atoms with Gasteiger partial charge >= 0.3 is 0 Å². The van der Waals surface area contributed by atoms with Crippen molar-refractivity contribution in [2.24, 2.45) is 0 Å². The molecule has 0 aliphatic heterocycles. The summed E-state index contributed by atoms with van der Waals surface area (Å²) < 4.78 is 13.1. The van der Waals surface area contributed by atoms with E-state index in [2.05, 4.69) is 16.5 Å². The van der Waals surface area contributed by atoms with Gasteiger partial charge in [-0.25, -0.2) is 0 Å². The molecule has 1 aromatic carbocycles. The number of nitrogens with one attached hydrogen (secondary N) is 1. The van der Waals surface area contributed by atoms with Gasteiger partial charge in [0.2, 0.25) is 0 Å². The molecule has 0 spiro atoms. The number of aromatic nitrogens is 2. The Kier molecular flexibility index (Phi) is 6.41. The molecule has 0 fully saturated rings. The Balaban J connectivity index is 1.44. The van der Waals surface area contributed by atoms with Crippen LogP contribution in [-0.4, -0.2) is 22.2 Å². The quantitative estimate of drug-likeness (QED) is 0.566. The molecule has 3 rings (SSSR count). The number of amides is 1. The third-order valence-corrected chi connectivity index (χ3v) is 4.57. The molecular formula is C21H24ClN3O3. The van der Waals surface area contributed by atoms with E-state index in [4.69, 9.17) is 20.8 Å². The van der Waals surface area contributed by atoms with Crippen molar-refractivity contribution in [3.8, 4) is 5.75 Å². The van der Waals surface area contributed by atoms with Gasteiger partial charge in [0.25, 0.3) is 5.91 Å². The van der Waals surface area contributed by atoms with E-state index in [9.17, 15) is 4.79 Å². The molecule has 148 valence electrons. The standard InChI is InChI=1S/C21H24ClN3O3/c1-14-9-15(2)11-18(10-14)27-13-17-5-6-20(28-17)21(26)23-7-4-8-25-12-19(22)16(3)24-25/h5-6,9-12H,4,7-8,13H2,1-3H3,(H,23,26). The second-order valence-electron chi connectivity index (χ2n) is 6.81. The fourth-order valence-corrected chi connectivity index (χ4v) is 3.04. The number of furan rings is 1. The van der Waals surface area contributed by atoms with Crippen molar-refractivity contribution in [2.45, 2.75) is 40.3 Å². The molecule has 28 heavy (non-hydrogen) atoms. The number of nitrogens with zero attached hydrogens (tertiary/aromatic N) is 2. The lowest BCUT2D eigenvalue weighted by atomic mass is 10.1. The predicted molar refractivity (Wildman–Crippen MR) is 108 cm³/mol. The van der Waals surface area contributed by atoms with Crippen LogP contribution in [0.4, 0.5) is 0 Å². The van der Waals surface area contributed by atoms with Crippen LogP contribution in [0, 0.1) is 20.8 Å². The van der Waals surface area contributed by atoms with Crippen LogP contribution in [-0.2, 0) is 13.2 Å². The van der Waals surface area contributed by atoms with Crippen LogP contribution in [0.15, 0.2) is 40.9 Å². The number of rotatable bonds is 8. The second kappa shape index (κ2) is 8.97. The number of hydrogen-bond acceptors (Lipinski definition) is 4. The minimum Gasteiger partial charge on any atom is -0.486 e. The molecule has 0 atom stereocenters. The lowest BCUT2D eigenvalue weighted by Gasteiger charge is -2.07. The molecule has 2 aromatic heterocycles. The van der Waals surface area contributed by atoms with Crippen molar-refractivity contribution in [3.63, 3.8) is 0 Å². The van der Waals surface area contributed by atoms with Gasteiger partial charge < -0.3 is 14.5 Å². The largest absolute Gasteiger partial charge is 0.486 e. The van der Waals surface area contributed by atoms with Gasteiger partial charge in [-0.05, 0) is 62.6 Å². The van der Waals surface area contributed by atoms with Crippen LogP contribution in [0.2, 0.25) is 5.02 Å². The van der Waals surface area contributed by atoms with E-state index >= 15 is 0 Å². The number of carbonyl (C=O) groups excluding carboxylic acids is 1. The minimum absolute atomic E-state index is 0.243. The molecular weight excluding hydrogens is 378 g/mol. The lowest BCUT2D eigenvalue weighted by Crippen LogP contribution is -2.24. The van der Waals surface area contributed by atoms with Crippen LogP contribution in [0.5, 0.6) is 5.75 Å². The average molecular weight is 402 g/mol. The number of hydrogen-bond donors (Lipinski definition) is 1. The van der Waals surface area contributed by atoms with E-state index < -0.39 is 0 Å². The summed E-state index contributed by atoms with van der Waals surface area (Å²) in [6.45, 7) is 7.38. The molecule has 2 heterocycles. The first-order valence-corrected chi connectivity index (χ1v) is 9.56. The summed E-state index contributed by atoms with van der Waals surface area (Å²) in [5.41, 5.74) is 3.08. The highest BCUT2D eigenvalue weighted by atomic mass is 35.5. The van der Waals surface area contributed by atoms with Gasteiger partial charge in [-0.15, -0.1) is 0 Å². The molecule has 7 heteroatoms. The fourth-order valence-electron chi connectivity index (χ4n) is 2.89. The summed E-state index contributed by atoms with van der Waals surface area (Å²) in [5.74, 6) is 1.42. The van der Waals surface area contributed by atoms with Gasteiger partial charge in [-0.2, -0.15) is 5.10 Å². The van der Waals surface area contributed by atoms with E-state index in [0.717, 1.165) is 29.0 Å². The van der Waals surface area contributed by atoms with E-state index in [1.165, 1.54) is 0 Å². The molecule has 0 saturated carbocycles. The maximum atomic E-state index is 12.2. The summed E-state index contributed by atoms with van der Waals surface area (Å²) in [6, 6.07) is 9.44. The number of halogens is 1. The average Bonchev–Trinajstić information content (AvgIpc) is 3.23.